The fourth-order valence-corrected chi connectivity index (χ4v) is 2.95. The van der Waals surface area contributed by atoms with Crippen LogP contribution in [0.2, 0.25) is 0 Å². The first-order valence-corrected chi connectivity index (χ1v) is 7.85. The van der Waals surface area contributed by atoms with Crippen molar-refractivity contribution in [1.29, 1.82) is 0 Å². The van der Waals surface area contributed by atoms with Crippen LogP contribution in [0.4, 0.5) is 5.69 Å². The molecule has 0 radical (unpaired) electrons. The average molecular weight is 318 g/mol. The van der Waals surface area contributed by atoms with E-state index in [1.54, 1.807) is 10.9 Å². The van der Waals surface area contributed by atoms with Gasteiger partial charge in [-0.05, 0) is 23.8 Å². The molecule has 120 valence electrons. The molecule has 0 aliphatic rings. The second kappa shape index (κ2) is 5.53. The molecule has 0 aliphatic carbocycles. The number of aromatic amines is 1. The van der Waals surface area contributed by atoms with Gasteiger partial charge in [0, 0.05) is 30.7 Å². The Morgan fingerprint density at radius 3 is 2.58 bits per heavy atom. The molecular formula is C19H18N4O. The van der Waals surface area contributed by atoms with Crippen LogP contribution in [0.5, 0.6) is 0 Å². The van der Waals surface area contributed by atoms with Crippen molar-refractivity contribution in [3.05, 3.63) is 70.8 Å². The van der Waals surface area contributed by atoms with Gasteiger partial charge in [-0.2, -0.15) is 0 Å². The van der Waals surface area contributed by atoms with Gasteiger partial charge in [0.2, 0.25) is 0 Å². The molecule has 1 N–H and O–H groups in total. The minimum Gasteiger partial charge on any atom is -0.378 e. The summed E-state index contributed by atoms with van der Waals surface area (Å²) in [7, 11) is 4.01. The monoisotopic (exact) mass is 318 g/mol. The van der Waals surface area contributed by atoms with Crippen molar-refractivity contribution < 1.29 is 0 Å². The second-order valence-corrected chi connectivity index (χ2v) is 6.13. The summed E-state index contributed by atoms with van der Waals surface area (Å²) in [5, 5.41) is 0.979. The van der Waals surface area contributed by atoms with Crippen molar-refractivity contribution in [1.82, 2.24) is 14.5 Å². The van der Waals surface area contributed by atoms with Crippen molar-refractivity contribution in [3.63, 3.8) is 0 Å². The summed E-state index contributed by atoms with van der Waals surface area (Å²) in [5.74, 6) is 0. The molecule has 0 bridgehead atoms. The van der Waals surface area contributed by atoms with Gasteiger partial charge < -0.3 is 9.88 Å². The summed E-state index contributed by atoms with van der Waals surface area (Å²) in [5.41, 5.74) is 4.38. The van der Waals surface area contributed by atoms with E-state index in [2.05, 4.69) is 22.1 Å². The van der Waals surface area contributed by atoms with Crippen molar-refractivity contribution in [2.24, 2.45) is 0 Å². The van der Waals surface area contributed by atoms with Gasteiger partial charge in [-0.3, -0.25) is 9.36 Å². The molecule has 5 heteroatoms. The minimum atomic E-state index is -0.0483. The van der Waals surface area contributed by atoms with Crippen molar-refractivity contribution in [2.45, 2.75) is 6.54 Å². The molecule has 0 atom stereocenters. The van der Waals surface area contributed by atoms with Gasteiger partial charge in [0.25, 0.3) is 5.56 Å². The van der Waals surface area contributed by atoms with Gasteiger partial charge >= 0.3 is 0 Å². The molecule has 0 spiro atoms. The highest BCUT2D eigenvalue weighted by Gasteiger charge is 2.10. The molecule has 0 fully saturated rings. The molecule has 0 unspecified atom stereocenters. The molecule has 2 heterocycles. The Morgan fingerprint density at radius 1 is 1.08 bits per heavy atom. The normalized spacial score (nSPS) is 11.2. The predicted molar refractivity (Wildman–Crippen MR) is 97.7 cm³/mol. The number of aromatic nitrogens is 3. The van der Waals surface area contributed by atoms with Crippen molar-refractivity contribution in [3.8, 4) is 0 Å². The summed E-state index contributed by atoms with van der Waals surface area (Å²) in [6, 6.07) is 16.0. The molecule has 0 amide bonds. The maximum Gasteiger partial charge on any atom is 0.277 e. The van der Waals surface area contributed by atoms with Crippen LogP contribution in [0, 0.1) is 0 Å². The smallest absolute Gasteiger partial charge is 0.277 e. The highest BCUT2D eigenvalue weighted by atomic mass is 16.1. The first kappa shape index (κ1) is 14.5. The molecular weight excluding hydrogens is 300 g/mol. The number of nitrogens with one attached hydrogen (secondary N) is 1. The Balaban J connectivity index is 1.75. The lowest BCUT2D eigenvalue weighted by Gasteiger charge is -2.13. The standard InChI is InChI=1S/C19H18N4O/c1-22(2)14-9-7-13(8-10-14)11-23-12-20-17-15-5-3-4-6-16(15)21-18(17)19(23)24/h3-10,12,21H,11H2,1-2H3. The van der Waals surface area contributed by atoms with E-state index in [0.29, 0.717) is 12.1 Å². The van der Waals surface area contributed by atoms with Crippen molar-refractivity contribution >= 4 is 27.6 Å². The number of benzene rings is 2. The first-order valence-electron chi connectivity index (χ1n) is 7.85. The number of para-hydroxylation sites is 1. The Hall–Kier alpha value is -3.08. The molecule has 24 heavy (non-hydrogen) atoms. The number of H-pyrrole nitrogens is 1. The quantitative estimate of drug-likeness (QED) is 0.632. The number of hydrogen-bond acceptors (Lipinski definition) is 3. The molecule has 4 aromatic rings. The number of hydrogen-bond donors (Lipinski definition) is 1. The van der Waals surface area contributed by atoms with E-state index in [1.807, 2.05) is 55.4 Å². The van der Waals surface area contributed by atoms with Crippen LogP contribution in [0.25, 0.3) is 21.9 Å². The van der Waals surface area contributed by atoms with E-state index in [9.17, 15) is 4.79 Å². The predicted octanol–water partition coefficient (Wildman–Crippen LogP) is 2.99. The third-order valence-electron chi connectivity index (χ3n) is 4.29. The zero-order valence-corrected chi connectivity index (χ0v) is 13.7. The van der Waals surface area contributed by atoms with Gasteiger partial charge in [-0.1, -0.05) is 30.3 Å². The van der Waals surface area contributed by atoms with E-state index >= 15 is 0 Å². The number of rotatable bonds is 3. The lowest BCUT2D eigenvalue weighted by Crippen LogP contribution is -2.21. The molecule has 0 aliphatic heterocycles. The summed E-state index contributed by atoms with van der Waals surface area (Å²) in [6.45, 7) is 0.505. The molecule has 2 aromatic carbocycles. The molecule has 4 rings (SSSR count). The summed E-state index contributed by atoms with van der Waals surface area (Å²) >= 11 is 0. The molecule has 5 nitrogen and oxygen atoms in total. The van der Waals surface area contributed by atoms with Crippen LogP contribution in [0.15, 0.2) is 59.7 Å². The summed E-state index contributed by atoms with van der Waals surface area (Å²) in [6.07, 6.45) is 1.63. The highest BCUT2D eigenvalue weighted by molar-refractivity contribution is 6.04. The number of anilines is 1. The van der Waals surface area contributed by atoms with Gasteiger partial charge in [-0.15, -0.1) is 0 Å². The molecule has 2 aromatic heterocycles. The van der Waals surface area contributed by atoms with E-state index in [0.717, 1.165) is 27.7 Å². The lowest BCUT2D eigenvalue weighted by atomic mass is 10.2. The minimum absolute atomic E-state index is 0.0483. The second-order valence-electron chi connectivity index (χ2n) is 6.13. The van der Waals surface area contributed by atoms with Crippen LogP contribution >= 0.6 is 0 Å². The Morgan fingerprint density at radius 2 is 1.83 bits per heavy atom. The van der Waals surface area contributed by atoms with Gasteiger partial charge in [0.1, 0.15) is 11.0 Å². The van der Waals surface area contributed by atoms with Crippen LogP contribution in [-0.4, -0.2) is 28.6 Å². The highest BCUT2D eigenvalue weighted by Crippen LogP contribution is 2.20. The Labute approximate surface area is 139 Å². The third kappa shape index (κ3) is 2.34. The third-order valence-corrected chi connectivity index (χ3v) is 4.29. The maximum absolute atomic E-state index is 12.8. The SMILES string of the molecule is CN(C)c1ccc(Cn2cnc3c([nH]c4ccccc43)c2=O)cc1. The first-order chi connectivity index (χ1) is 11.6. The zero-order chi connectivity index (χ0) is 16.7. The molecule has 0 saturated heterocycles. The Bertz CT molecular complexity index is 1070. The van der Waals surface area contributed by atoms with E-state index in [1.165, 1.54) is 0 Å². The zero-order valence-electron chi connectivity index (χ0n) is 13.7. The van der Waals surface area contributed by atoms with Gasteiger partial charge in [0.05, 0.1) is 12.9 Å². The van der Waals surface area contributed by atoms with E-state index in [-0.39, 0.29) is 5.56 Å². The van der Waals surface area contributed by atoms with E-state index < -0.39 is 0 Å². The van der Waals surface area contributed by atoms with Gasteiger partial charge in [-0.25, -0.2) is 4.98 Å². The topological polar surface area (TPSA) is 53.9 Å². The van der Waals surface area contributed by atoms with Crippen LogP contribution in [0.1, 0.15) is 5.56 Å². The summed E-state index contributed by atoms with van der Waals surface area (Å²) in [4.78, 5) is 22.5. The Kier molecular flexibility index (Phi) is 3.34. The van der Waals surface area contributed by atoms with Crippen LogP contribution < -0.4 is 10.5 Å². The van der Waals surface area contributed by atoms with Crippen LogP contribution in [-0.2, 0) is 6.54 Å². The largest absolute Gasteiger partial charge is 0.378 e. The maximum atomic E-state index is 12.8. The van der Waals surface area contributed by atoms with Crippen LogP contribution in [0.3, 0.4) is 0 Å². The van der Waals surface area contributed by atoms with E-state index in [4.69, 9.17) is 0 Å². The molecule has 0 saturated carbocycles. The number of nitrogens with zero attached hydrogens (tertiary/aromatic N) is 3. The number of fused-ring (bicyclic) bond motifs is 3. The van der Waals surface area contributed by atoms with Crippen molar-refractivity contribution in [2.75, 3.05) is 19.0 Å². The fourth-order valence-electron chi connectivity index (χ4n) is 2.95. The lowest BCUT2D eigenvalue weighted by molar-refractivity contribution is 0.747. The average Bonchev–Trinajstić information content (AvgIpc) is 2.97. The van der Waals surface area contributed by atoms with Gasteiger partial charge in [0.15, 0.2) is 0 Å². The fraction of sp³-hybridized carbons (Fsp3) is 0.158. The summed E-state index contributed by atoms with van der Waals surface area (Å²) < 4.78 is 1.64.